The van der Waals surface area contributed by atoms with Crippen molar-refractivity contribution >= 4 is 23.5 Å². The van der Waals surface area contributed by atoms with Gasteiger partial charge in [0.1, 0.15) is 24.2 Å². The first kappa shape index (κ1) is 23.6. The molecule has 2 aliphatic heterocycles. The van der Waals surface area contributed by atoms with E-state index in [1.807, 2.05) is 0 Å². The molecule has 2 heterocycles. The fraction of sp³-hybridized carbons (Fsp3) is 0.400. The first-order chi connectivity index (χ1) is 16.4. The van der Waals surface area contributed by atoms with Gasteiger partial charge in [0, 0.05) is 18.3 Å². The molecule has 1 N–H and O–H groups in total. The van der Waals surface area contributed by atoms with E-state index in [9.17, 15) is 14.4 Å². The molecule has 1 saturated heterocycles. The number of rotatable bonds is 5. The van der Waals surface area contributed by atoms with Crippen LogP contribution < -0.4 is 14.8 Å². The molecule has 0 unspecified atom stereocenters. The molecule has 2 aromatic carbocycles. The van der Waals surface area contributed by atoms with Crippen molar-refractivity contribution in [2.75, 3.05) is 33.2 Å². The highest BCUT2D eigenvalue weighted by Gasteiger charge is 2.39. The molecular formula is C25H28N2O7. The molecule has 2 aliphatic rings. The summed E-state index contributed by atoms with van der Waals surface area (Å²) in [6.07, 6.45) is 0.855. The van der Waals surface area contributed by atoms with Gasteiger partial charge >= 0.3 is 5.97 Å². The zero-order valence-corrected chi connectivity index (χ0v) is 19.4. The van der Waals surface area contributed by atoms with Crippen molar-refractivity contribution in [2.24, 2.45) is 0 Å². The number of likely N-dealkylation sites (N-methyl/N-ethyl adjacent to an activating group) is 1. The lowest BCUT2D eigenvalue weighted by Gasteiger charge is -2.42. The van der Waals surface area contributed by atoms with E-state index in [4.69, 9.17) is 18.9 Å². The minimum absolute atomic E-state index is 0.171. The molecule has 2 aromatic rings. The normalized spacial score (nSPS) is 21.8. The smallest absolute Gasteiger partial charge is 0.308 e. The van der Waals surface area contributed by atoms with Crippen molar-refractivity contribution in [1.82, 2.24) is 4.90 Å². The molecule has 0 aliphatic carbocycles. The van der Waals surface area contributed by atoms with Crippen molar-refractivity contribution in [3.63, 3.8) is 0 Å². The van der Waals surface area contributed by atoms with E-state index in [0.29, 0.717) is 41.2 Å². The summed E-state index contributed by atoms with van der Waals surface area (Å²) in [5, 5.41) is 2.83. The van der Waals surface area contributed by atoms with Gasteiger partial charge in [-0.15, -0.1) is 0 Å². The van der Waals surface area contributed by atoms with Crippen LogP contribution in [0.4, 0.5) is 5.69 Å². The van der Waals surface area contributed by atoms with E-state index in [0.717, 1.165) is 0 Å². The molecule has 3 atom stereocenters. The lowest BCUT2D eigenvalue weighted by Crippen LogP contribution is -2.53. The highest BCUT2D eigenvalue weighted by molar-refractivity contribution is 6.05. The van der Waals surface area contributed by atoms with Crippen LogP contribution in [-0.2, 0) is 14.3 Å². The summed E-state index contributed by atoms with van der Waals surface area (Å²) in [6, 6.07) is 11.6. The average Bonchev–Trinajstić information content (AvgIpc) is 2.86. The Balaban J connectivity index is 1.51. The van der Waals surface area contributed by atoms with Crippen LogP contribution in [0.1, 0.15) is 40.0 Å². The Morgan fingerprint density at radius 2 is 1.97 bits per heavy atom. The highest BCUT2D eigenvalue weighted by atomic mass is 16.6. The van der Waals surface area contributed by atoms with Gasteiger partial charge in [0.2, 0.25) is 0 Å². The van der Waals surface area contributed by atoms with Crippen LogP contribution in [0.25, 0.3) is 0 Å². The van der Waals surface area contributed by atoms with Crippen LogP contribution in [-0.4, -0.2) is 68.8 Å². The van der Waals surface area contributed by atoms with E-state index in [1.165, 1.54) is 14.2 Å². The van der Waals surface area contributed by atoms with Gasteiger partial charge in [-0.2, -0.15) is 0 Å². The number of nitrogens with one attached hydrogen (secondary N) is 1. The topological polar surface area (TPSA) is 103 Å². The Labute approximate surface area is 197 Å². The number of amides is 2. The van der Waals surface area contributed by atoms with Crippen LogP contribution in [0.2, 0.25) is 0 Å². The predicted molar refractivity (Wildman–Crippen MR) is 123 cm³/mol. The number of carbonyl (C=O) groups is 3. The molecule has 180 valence electrons. The largest absolute Gasteiger partial charge is 0.497 e. The zero-order valence-electron chi connectivity index (χ0n) is 19.4. The summed E-state index contributed by atoms with van der Waals surface area (Å²) in [7, 11) is 4.62. The summed E-state index contributed by atoms with van der Waals surface area (Å²) in [5.74, 6) is 0.122. The Kier molecular flexibility index (Phi) is 7.02. The van der Waals surface area contributed by atoms with Gasteiger partial charge < -0.3 is 29.2 Å². The van der Waals surface area contributed by atoms with Crippen molar-refractivity contribution in [3.8, 4) is 11.5 Å². The molecule has 0 aromatic heterocycles. The maximum atomic E-state index is 13.3. The number of methoxy groups -OCH3 is 2. The minimum atomic E-state index is -0.363. The van der Waals surface area contributed by atoms with Crippen LogP contribution >= 0.6 is 0 Å². The third-order valence-corrected chi connectivity index (χ3v) is 6.22. The highest BCUT2D eigenvalue weighted by Crippen LogP contribution is 2.32. The van der Waals surface area contributed by atoms with E-state index in [1.54, 1.807) is 54.4 Å². The fourth-order valence-corrected chi connectivity index (χ4v) is 4.34. The summed E-state index contributed by atoms with van der Waals surface area (Å²) in [4.78, 5) is 39.3. The van der Waals surface area contributed by atoms with E-state index < -0.39 is 0 Å². The lowest BCUT2D eigenvalue weighted by atomic mass is 9.94. The molecule has 9 nitrogen and oxygen atoms in total. The van der Waals surface area contributed by atoms with Gasteiger partial charge in [-0.3, -0.25) is 14.4 Å². The predicted octanol–water partition coefficient (Wildman–Crippen LogP) is 2.89. The summed E-state index contributed by atoms with van der Waals surface area (Å²) in [6.45, 7) is 0.239. The minimum Gasteiger partial charge on any atom is -0.497 e. The van der Waals surface area contributed by atoms with Crippen LogP contribution in [0, 0.1) is 0 Å². The number of benzene rings is 2. The third kappa shape index (κ3) is 4.99. The van der Waals surface area contributed by atoms with E-state index >= 15 is 0 Å². The lowest BCUT2D eigenvalue weighted by molar-refractivity contribution is -0.151. The fourth-order valence-electron chi connectivity index (χ4n) is 4.34. The van der Waals surface area contributed by atoms with Gasteiger partial charge in [-0.1, -0.05) is 6.07 Å². The maximum Gasteiger partial charge on any atom is 0.308 e. The van der Waals surface area contributed by atoms with E-state index in [2.05, 4.69) is 5.32 Å². The average molecular weight is 469 g/mol. The second-order valence-electron chi connectivity index (χ2n) is 8.35. The maximum absolute atomic E-state index is 13.3. The monoisotopic (exact) mass is 468 g/mol. The van der Waals surface area contributed by atoms with Crippen molar-refractivity contribution in [1.29, 1.82) is 0 Å². The van der Waals surface area contributed by atoms with Gasteiger partial charge in [-0.25, -0.2) is 0 Å². The molecule has 4 rings (SSSR count). The van der Waals surface area contributed by atoms with Crippen molar-refractivity contribution < 1.29 is 33.3 Å². The molecule has 0 spiro atoms. The van der Waals surface area contributed by atoms with Gasteiger partial charge in [-0.05, 0) is 49.2 Å². The Hall–Kier alpha value is -3.59. The van der Waals surface area contributed by atoms with Crippen molar-refractivity contribution in [3.05, 3.63) is 53.6 Å². The van der Waals surface area contributed by atoms with Gasteiger partial charge in [0.05, 0.1) is 38.3 Å². The molecule has 0 bridgehead atoms. The Bertz CT molecular complexity index is 1090. The number of ether oxygens (including phenoxy) is 4. The molecule has 0 saturated carbocycles. The quantitative estimate of drug-likeness (QED) is 0.673. The molecule has 2 amide bonds. The Morgan fingerprint density at radius 3 is 2.74 bits per heavy atom. The molecule has 0 radical (unpaired) electrons. The summed E-state index contributed by atoms with van der Waals surface area (Å²) < 4.78 is 22.0. The number of esters is 1. The van der Waals surface area contributed by atoms with Crippen LogP contribution in [0.3, 0.4) is 0 Å². The molecule has 1 fully saturated rings. The number of carbonyl (C=O) groups excluding carboxylic acids is 3. The molecule has 9 heteroatoms. The second kappa shape index (κ2) is 10.1. The van der Waals surface area contributed by atoms with Gasteiger partial charge in [0.15, 0.2) is 0 Å². The second-order valence-corrected chi connectivity index (χ2v) is 8.35. The number of fused-ring (bicyclic) bond motifs is 2. The zero-order chi connectivity index (χ0) is 24.2. The molecule has 34 heavy (non-hydrogen) atoms. The first-order valence-electron chi connectivity index (χ1n) is 11.1. The number of anilines is 1. The van der Waals surface area contributed by atoms with Crippen LogP contribution in [0.5, 0.6) is 11.5 Å². The van der Waals surface area contributed by atoms with Gasteiger partial charge in [0.25, 0.3) is 11.8 Å². The SMILES string of the molecule is COC(=O)C[C@@H]1CC[C@H]2[C@H](COc3ccc(NC(=O)c4cccc(OC)c4)cc3C(=O)N2C)O1. The Morgan fingerprint density at radius 1 is 1.15 bits per heavy atom. The summed E-state index contributed by atoms with van der Waals surface area (Å²) >= 11 is 0. The number of hydrogen-bond acceptors (Lipinski definition) is 7. The van der Waals surface area contributed by atoms with Crippen molar-refractivity contribution in [2.45, 2.75) is 37.5 Å². The standard InChI is InChI=1S/C25H28N2O7/c1-27-20-9-8-18(13-23(28)32-3)34-22(20)14-33-21-10-7-16(12-19(21)25(27)30)26-24(29)15-5-4-6-17(11-15)31-2/h4-7,10-12,18,20,22H,8-9,13-14H2,1-3H3,(H,26,29)/t18-,20-,22-/m0/s1. The molecular weight excluding hydrogens is 440 g/mol. The summed E-state index contributed by atoms with van der Waals surface area (Å²) in [5.41, 5.74) is 1.28. The van der Waals surface area contributed by atoms with Crippen LogP contribution in [0.15, 0.2) is 42.5 Å². The first-order valence-corrected chi connectivity index (χ1v) is 11.1. The number of nitrogens with zero attached hydrogens (tertiary/aromatic N) is 1. The van der Waals surface area contributed by atoms with E-state index in [-0.39, 0.29) is 49.1 Å². The number of hydrogen-bond donors (Lipinski definition) is 1. The third-order valence-electron chi connectivity index (χ3n) is 6.22.